The number of rotatable bonds is 7. The Bertz CT molecular complexity index is 470. The zero-order chi connectivity index (χ0) is 14.8. The molecule has 3 N–H and O–H groups in total. The number of amides is 1. The fourth-order valence-electron chi connectivity index (χ4n) is 1.98. The lowest BCUT2D eigenvalue weighted by atomic mass is 9.98. The summed E-state index contributed by atoms with van der Waals surface area (Å²) in [7, 11) is 0. The van der Waals surface area contributed by atoms with Gasteiger partial charge >= 0.3 is 0 Å². The summed E-state index contributed by atoms with van der Waals surface area (Å²) >= 11 is 1.62. The zero-order valence-corrected chi connectivity index (χ0v) is 13.2. The van der Waals surface area contributed by atoms with E-state index in [4.69, 9.17) is 5.73 Å². The highest BCUT2D eigenvalue weighted by Crippen LogP contribution is 2.15. The molecule has 1 rings (SSSR count). The highest BCUT2D eigenvalue weighted by atomic mass is 32.1. The summed E-state index contributed by atoms with van der Waals surface area (Å²) in [6.07, 6.45) is 4.14. The summed E-state index contributed by atoms with van der Waals surface area (Å²) in [6, 6.07) is 2.01. The Labute approximate surface area is 126 Å². The lowest BCUT2D eigenvalue weighted by Crippen LogP contribution is -2.29. The second kappa shape index (κ2) is 9.57. The molecule has 1 unspecified atom stereocenters. The molecule has 20 heavy (non-hydrogen) atoms. The maximum absolute atomic E-state index is 12.1. The largest absolute Gasteiger partial charge is 0.351 e. The molecule has 1 aromatic rings. The standard InChI is InChI=1S/C16H24N2OS/c1-3-5-8-14(4-2)16(19)18-11-15-10-13(12-20-15)7-6-9-17/h10,12,14H,3-5,8-9,11,17H2,1-2H3,(H,18,19). The number of hydrogen-bond donors (Lipinski definition) is 2. The fourth-order valence-corrected chi connectivity index (χ4v) is 2.74. The normalized spacial score (nSPS) is 11.6. The molecule has 0 saturated carbocycles. The first-order valence-electron chi connectivity index (χ1n) is 7.25. The van der Waals surface area contributed by atoms with Gasteiger partial charge in [0, 0.05) is 21.7 Å². The van der Waals surface area contributed by atoms with Gasteiger partial charge in [0.05, 0.1) is 13.1 Å². The maximum atomic E-state index is 12.1. The number of nitrogens with two attached hydrogens (primary N) is 1. The molecule has 0 spiro atoms. The van der Waals surface area contributed by atoms with E-state index in [9.17, 15) is 4.79 Å². The van der Waals surface area contributed by atoms with Crippen molar-refractivity contribution in [3.63, 3.8) is 0 Å². The highest BCUT2D eigenvalue weighted by molar-refractivity contribution is 7.10. The molecule has 0 aliphatic rings. The Balaban J connectivity index is 2.45. The van der Waals surface area contributed by atoms with E-state index < -0.39 is 0 Å². The summed E-state index contributed by atoms with van der Waals surface area (Å²) in [5, 5.41) is 5.03. The van der Waals surface area contributed by atoms with Crippen LogP contribution < -0.4 is 11.1 Å². The van der Waals surface area contributed by atoms with Gasteiger partial charge < -0.3 is 11.1 Å². The third kappa shape index (κ3) is 5.77. The molecule has 0 bridgehead atoms. The van der Waals surface area contributed by atoms with E-state index in [1.165, 1.54) is 0 Å². The number of carbonyl (C=O) groups excluding carboxylic acids is 1. The molecule has 0 aliphatic heterocycles. The Hall–Kier alpha value is -1.31. The van der Waals surface area contributed by atoms with E-state index in [1.54, 1.807) is 11.3 Å². The first-order chi connectivity index (χ1) is 9.71. The lowest BCUT2D eigenvalue weighted by Gasteiger charge is -2.13. The first-order valence-corrected chi connectivity index (χ1v) is 8.13. The van der Waals surface area contributed by atoms with E-state index in [0.717, 1.165) is 36.1 Å². The second-order valence-corrected chi connectivity index (χ2v) is 5.77. The average Bonchev–Trinajstić information content (AvgIpc) is 2.91. The van der Waals surface area contributed by atoms with E-state index in [0.29, 0.717) is 13.1 Å². The van der Waals surface area contributed by atoms with Gasteiger partial charge in [0.15, 0.2) is 0 Å². The maximum Gasteiger partial charge on any atom is 0.223 e. The Kier molecular flexibility index (Phi) is 8.01. The molecular formula is C16H24N2OS. The quantitative estimate of drug-likeness (QED) is 0.759. The van der Waals surface area contributed by atoms with Crippen molar-refractivity contribution in [1.82, 2.24) is 5.32 Å². The molecule has 1 amide bonds. The van der Waals surface area contributed by atoms with E-state index in [2.05, 4.69) is 31.0 Å². The first kappa shape index (κ1) is 16.7. The fraction of sp³-hybridized carbons (Fsp3) is 0.562. The molecule has 0 radical (unpaired) electrons. The number of unbranched alkanes of at least 4 members (excludes halogenated alkanes) is 1. The minimum atomic E-state index is 0.145. The van der Waals surface area contributed by atoms with Crippen LogP contribution in [0, 0.1) is 17.8 Å². The van der Waals surface area contributed by atoms with Gasteiger partial charge in [-0.1, -0.05) is 38.5 Å². The topological polar surface area (TPSA) is 55.1 Å². The second-order valence-electron chi connectivity index (χ2n) is 4.77. The van der Waals surface area contributed by atoms with Crippen LogP contribution in [0.15, 0.2) is 11.4 Å². The monoisotopic (exact) mass is 292 g/mol. The van der Waals surface area contributed by atoms with Crippen LogP contribution in [0.25, 0.3) is 0 Å². The smallest absolute Gasteiger partial charge is 0.223 e. The molecular weight excluding hydrogens is 268 g/mol. The molecule has 1 heterocycles. The molecule has 3 nitrogen and oxygen atoms in total. The summed E-state index contributed by atoms with van der Waals surface area (Å²) in [5.74, 6) is 6.14. The Morgan fingerprint density at radius 1 is 1.50 bits per heavy atom. The van der Waals surface area contributed by atoms with Crippen molar-refractivity contribution < 1.29 is 4.79 Å². The third-order valence-corrected chi connectivity index (χ3v) is 4.13. The molecule has 0 saturated heterocycles. The van der Waals surface area contributed by atoms with Crippen LogP contribution >= 0.6 is 11.3 Å². The van der Waals surface area contributed by atoms with Gasteiger partial charge in [0.2, 0.25) is 5.91 Å². The lowest BCUT2D eigenvalue weighted by molar-refractivity contribution is -0.125. The predicted octanol–water partition coefficient (Wildman–Crippen LogP) is 2.89. The van der Waals surface area contributed by atoms with Crippen molar-refractivity contribution in [1.29, 1.82) is 0 Å². The molecule has 0 aromatic carbocycles. The Morgan fingerprint density at radius 3 is 2.95 bits per heavy atom. The van der Waals surface area contributed by atoms with Crippen LogP contribution in [0.4, 0.5) is 0 Å². The van der Waals surface area contributed by atoms with Crippen molar-refractivity contribution in [2.24, 2.45) is 11.7 Å². The molecule has 1 atom stereocenters. The van der Waals surface area contributed by atoms with Gasteiger partial charge in [-0.3, -0.25) is 4.79 Å². The summed E-state index contributed by atoms with van der Waals surface area (Å²) in [5.41, 5.74) is 6.32. The van der Waals surface area contributed by atoms with Crippen LogP contribution in [-0.2, 0) is 11.3 Å². The third-order valence-electron chi connectivity index (χ3n) is 3.20. The minimum absolute atomic E-state index is 0.145. The van der Waals surface area contributed by atoms with Gasteiger partial charge in [0.1, 0.15) is 0 Å². The molecule has 0 fully saturated rings. The summed E-state index contributed by atoms with van der Waals surface area (Å²) < 4.78 is 0. The van der Waals surface area contributed by atoms with Crippen LogP contribution in [0.3, 0.4) is 0 Å². The SMILES string of the molecule is CCCCC(CC)C(=O)NCc1cc(C#CCN)cs1. The highest BCUT2D eigenvalue weighted by Gasteiger charge is 2.15. The summed E-state index contributed by atoms with van der Waals surface area (Å²) in [4.78, 5) is 13.2. The van der Waals surface area contributed by atoms with E-state index >= 15 is 0 Å². The van der Waals surface area contributed by atoms with Crippen molar-refractivity contribution in [3.8, 4) is 11.8 Å². The number of nitrogens with one attached hydrogen (secondary N) is 1. The van der Waals surface area contributed by atoms with Gasteiger partial charge in [-0.05, 0) is 18.9 Å². The van der Waals surface area contributed by atoms with E-state index in [1.807, 2.05) is 11.4 Å². The van der Waals surface area contributed by atoms with Crippen molar-refractivity contribution in [3.05, 3.63) is 21.9 Å². The molecule has 1 aromatic heterocycles. The van der Waals surface area contributed by atoms with Crippen molar-refractivity contribution in [2.45, 2.75) is 46.1 Å². The molecule has 0 aliphatic carbocycles. The minimum Gasteiger partial charge on any atom is -0.351 e. The number of thiophene rings is 1. The predicted molar refractivity (Wildman–Crippen MR) is 85.4 cm³/mol. The van der Waals surface area contributed by atoms with Gasteiger partial charge in [-0.25, -0.2) is 0 Å². The number of carbonyl (C=O) groups is 1. The van der Waals surface area contributed by atoms with E-state index in [-0.39, 0.29) is 11.8 Å². The molecule has 110 valence electrons. The molecule has 4 heteroatoms. The zero-order valence-electron chi connectivity index (χ0n) is 12.4. The van der Waals surface area contributed by atoms with Crippen molar-refractivity contribution in [2.75, 3.05) is 6.54 Å². The van der Waals surface area contributed by atoms with Gasteiger partial charge in [-0.2, -0.15) is 0 Å². The average molecular weight is 292 g/mol. The Morgan fingerprint density at radius 2 is 2.30 bits per heavy atom. The van der Waals surface area contributed by atoms with Crippen molar-refractivity contribution >= 4 is 17.2 Å². The van der Waals surface area contributed by atoms with Gasteiger partial charge in [-0.15, -0.1) is 11.3 Å². The van der Waals surface area contributed by atoms with Gasteiger partial charge in [0.25, 0.3) is 0 Å². The van der Waals surface area contributed by atoms with Crippen LogP contribution in [0.1, 0.15) is 50.0 Å². The van der Waals surface area contributed by atoms with Crippen LogP contribution in [-0.4, -0.2) is 12.5 Å². The van der Waals surface area contributed by atoms with Crippen LogP contribution in [0.5, 0.6) is 0 Å². The summed E-state index contributed by atoms with van der Waals surface area (Å²) in [6.45, 7) is 5.19. The number of hydrogen-bond acceptors (Lipinski definition) is 3. The van der Waals surface area contributed by atoms with Crippen LogP contribution in [0.2, 0.25) is 0 Å².